The molecule has 0 radical (unpaired) electrons. The number of hydrogen-bond acceptors (Lipinski definition) is 3. The largest absolute Gasteiger partial charge is 0.255 e. The SMILES string of the molecule is c1ccc(-c2ccc(-c3nc(-c4ccccc4)cc(-c4ccc5c(c4)-c4ccccc4C54c5ccccc5-c5ccccc54)n3)cn2)cc1. The first-order valence-electron chi connectivity index (χ1n) is 16.7. The van der Waals surface area contributed by atoms with Gasteiger partial charge in [-0.15, -0.1) is 0 Å². The van der Waals surface area contributed by atoms with Crippen LogP contribution in [0.5, 0.6) is 0 Å². The third-order valence-corrected chi connectivity index (χ3v) is 10.2. The Balaban J connectivity index is 1.16. The van der Waals surface area contributed by atoms with E-state index >= 15 is 0 Å². The number of hydrogen-bond donors (Lipinski definition) is 0. The summed E-state index contributed by atoms with van der Waals surface area (Å²) in [6.45, 7) is 0. The molecule has 0 unspecified atom stereocenters. The van der Waals surface area contributed by atoms with Crippen molar-refractivity contribution in [2.45, 2.75) is 5.41 Å². The highest BCUT2D eigenvalue weighted by Crippen LogP contribution is 2.62. The van der Waals surface area contributed by atoms with E-state index in [4.69, 9.17) is 15.0 Å². The van der Waals surface area contributed by atoms with Crippen molar-refractivity contribution in [3.8, 4) is 67.4 Å². The molecular weight excluding hydrogens is 595 g/mol. The van der Waals surface area contributed by atoms with E-state index in [1.807, 2.05) is 36.5 Å². The zero-order valence-corrected chi connectivity index (χ0v) is 26.6. The predicted octanol–water partition coefficient (Wildman–Crippen LogP) is 10.9. The van der Waals surface area contributed by atoms with Crippen molar-refractivity contribution in [3.05, 3.63) is 198 Å². The van der Waals surface area contributed by atoms with E-state index in [0.717, 1.165) is 39.3 Å². The van der Waals surface area contributed by atoms with Crippen LogP contribution in [0.15, 0.2) is 176 Å². The zero-order chi connectivity index (χ0) is 32.4. The summed E-state index contributed by atoms with van der Waals surface area (Å²) in [4.78, 5) is 15.1. The lowest BCUT2D eigenvalue weighted by Crippen LogP contribution is -2.25. The van der Waals surface area contributed by atoms with Crippen molar-refractivity contribution < 1.29 is 0 Å². The maximum absolute atomic E-state index is 5.19. The second kappa shape index (κ2) is 10.8. The quantitative estimate of drug-likeness (QED) is 0.196. The fraction of sp³-hybridized carbons (Fsp3) is 0.0217. The number of fused-ring (bicyclic) bond motifs is 10. The molecule has 10 rings (SSSR count). The van der Waals surface area contributed by atoms with Crippen LogP contribution in [0, 0.1) is 0 Å². The van der Waals surface area contributed by atoms with Crippen molar-refractivity contribution in [2.75, 3.05) is 0 Å². The average Bonchev–Trinajstić information content (AvgIpc) is 3.65. The van der Waals surface area contributed by atoms with Gasteiger partial charge >= 0.3 is 0 Å². The molecule has 0 amide bonds. The van der Waals surface area contributed by atoms with Gasteiger partial charge in [0.15, 0.2) is 5.82 Å². The Kier molecular flexibility index (Phi) is 6.09. The topological polar surface area (TPSA) is 38.7 Å². The van der Waals surface area contributed by atoms with Crippen LogP contribution in [0.2, 0.25) is 0 Å². The Morgan fingerprint density at radius 2 is 0.796 bits per heavy atom. The van der Waals surface area contributed by atoms with Crippen molar-refractivity contribution in [1.29, 1.82) is 0 Å². The monoisotopic (exact) mass is 623 g/mol. The third kappa shape index (κ3) is 4.12. The summed E-state index contributed by atoms with van der Waals surface area (Å²) in [6.07, 6.45) is 1.88. The fourth-order valence-electron chi connectivity index (χ4n) is 8.05. The number of aromatic nitrogens is 3. The standard InChI is InChI=1S/C46H29N3/c1-3-13-30(14-4-1)42-26-24-33(29-47-42)45-48-43(31-15-5-2-6-16-31)28-44(49-45)32-23-25-41-37(27-32)36-19-9-12-22-40(36)46(41)38-20-10-7-17-34(38)35-18-8-11-21-39(35)46/h1-29H. The second-order valence-electron chi connectivity index (χ2n) is 12.8. The summed E-state index contributed by atoms with van der Waals surface area (Å²) < 4.78 is 0. The molecule has 2 aromatic heterocycles. The molecule has 0 N–H and O–H groups in total. The molecule has 0 atom stereocenters. The number of benzene rings is 6. The average molecular weight is 624 g/mol. The highest BCUT2D eigenvalue weighted by Gasteiger charge is 2.51. The summed E-state index contributed by atoms with van der Waals surface area (Å²) in [6, 6.07) is 60.5. The Labute approximate surface area is 285 Å². The minimum Gasteiger partial charge on any atom is -0.255 e. The molecule has 8 aromatic rings. The van der Waals surface area contributed by atoms with E-state index in [9.17, 15) is 0 Å². The highest BCUT2D eigenvalue weighted by molar-refractivity contribution is 5.96. The first-order chi connectivity index (χ1) is 24.3. The lowest BCUT2D eigenvalue weighted by atomic mass is 9.70. The van der Waals surface area contributed by atoms with Gasteiger partial charge in [0.2, 0.25) is 0 Å². The summed E-state index contributed by atoms with van der Waals surface area (Å²) in [7, 11) is 0. The lowest BCUT2D eigenvalue weighted by molar-refractivity contribution is 0.794. The molecule has 0 fully saturated rings. The van der Waals surface area contributed by atoms with Gasteiger partial charge in [0.25, 0.3) is 0 Å². The molecule has 49 heavy (non-hydrogen) atoms. The predicted molar refractivity (Wildman–Crippen MR) is 198 cm³/mol. The molecule has 0 aliphatic heterocycles. The van der Waals surface area contributed by atoms with Gasteiger partial charge in [0.1, 0.15) is 0 Å². The number of pyridine rings is 1. The molecule has 1 spiro atoms. The van der Waals surface area contributed by atoms with Crippen LogP contribution in [-0.4, -0.2) is 15.0 Å². The van der Waals surface area contributed by atoms with Crippen LogP contribution in [0.3, 0.4) is 0 Å². The maximum atomic E-state index is 5.19. The van der Waals surface area contributed by atoms with Crippen LogP contribution in [0.4, 0.5) is 0 Å². The van der Waals surface area contributed by atoms with Crippen molar-refractivity contribution >= 4 is 0 Å². The molecule has 6 aromatic carbocycles. The van der Waals surface area contributed by atoms with E-state index in [1.165, 1.54) is 44.5 Å². The van der Waals surface area contributed by atoms with Crippen molar-refractivity contribution in [3.63, 3.8) is 0 Å². The van der Waals surface area contributed by atoms with Gasteiger partial charge in [-0.05, 0) is 68.8 Å². The van der Waals surface area contributed by atoms with Crippen molar-refractivity contribution in [1.82, 2.24) is 15.0 Å². The van der Waals surface area contributed by atoms with Gasteiger partial charge in [0.05, 0.1) is 22.5 Å². The summed E-state index contributed by atoms with van der Waals surface area (Å²) in [5.41, 5.74) is 16.8. The van der Waals surface area contributed by atoms with E-state index < -0.39 is 0 Å². The van der Waals surface area contributed by atoms with E-state index in [0.29, 0.717) is 5.82 Å². The van der Waals surface area contributed by atoms with Crippen LogP contribution in [-0.2, 0) is 5.41 Å². The minimum atomic E-state index is -0.365. The Morgan fingerprint density at radius 1 is 0.327 bits per heavy atom. The normalized spacial score (nSPS) is 13.1. The fourth-order valence-corrected chi connectivity index (χ4v) is 8.05. The summed E-state index contributed by atoms with van der Waals surface area (Å²) in [5, 5.41) is 0. The van der Waals surface area contributed by atoms with Gasteiger partial charge in [0, 0.05) is 28.5 Å². The minimum absolute atomic E-state index is 0.365. The Bertz CT molecular complexity index is 2490. The summed E-state index contributed by atoms with van der Waals surface area (Å²) in [5.74, 6) is 0.652. The van der Waals surface area contributed by atoms with Crippen LogP contribution < -0.4 is 0 Å². The van der Waals surface area contributed by atoms with Crippen LogP contribution in [0.1, 0.15) is 22.3 Å². The number of rotatable bonds is 4. The van der Waals surface area contributed by atoms with Gasteiger partial charge in [-0.2, -0.15) is 0 Å². The van der Waals surface area contributed by atoms with Gasteiger partial charge in [-0.1, -0.05) is 146 Å². The van der Waals surface area contributed by atoms with Crippen LogP contribution >= 0.6 is 0 Å². The van der Waals surface area contributed by atoms with Gasteiger partial charge in [-0.25, -0.2) is 9.97 Å². The maximum Gasteiger partial charge on any atom is 0.161 e. The Morgan fingerprint density at radius 3 is 1.37 bits per heavy atom. The second-order valence-corrected chi connectivity index (χ2v) is 12.8. The molecule has 3 nitrogen and oxygen atoms in total. The smallest absolute Gasteiger partial charge is 0.161 e. The first-order valence-corrected chi connectivity index (χ1v) is 16.7. The first kappa shape index (κ1) is 27.6. The van der Waals surface area contributed by atoms with E-state index in [1.54, 1.807) is 0 Å². The highest BCUT2D eigenvalue weighted by atomic mass is 14.9. The molecule has 0 saturated carbocycles. The van der Waals surface area contributed by atoms with Gasteiger partial charge < -0.3 is 0 Å². The van der Waals surface area contributed by atoms with E-state index in [-0.39, 0.29) is 5.41 Å². The molecule has 0 bridgehead atoms. The molecule has 0 saturated heterocycles. The van der Waals surface area contributed by atoms with E-state index in [2.05, 4.69) is 140 Å². The summed E-state index contributed by atoms with van der Waals surface area (Å²) >= 11 is 0. The molecule has 2 heterocycles. The zero-order valence-electron chi connectivity index (χ0n) is 26.6. The van der Waals surface area contributed by atoms with Crippen LogP contribution in [0.25, 0.3) is 67.4 Å². The number of nitrogens with zero attached hydrogens (tertiary/aromatic N) is 3. The molecule has 2 aliphatic carbocycles. The molecular formula is C46H29N3. The molecule has 2 aliphatic rings. The Hall–Kier alpha value is -6.45. The van der Waals surface area contributed by atoms with Gasteiger partial charge in [-0.3, -0.25) is 4.98 Å². The molecule has 3 heteroatoms. The van der Waals surface area contributed by atoms with Crippen molar-refractivity contribution in [2.24, 2.45) is 0 Å². The molecule has 228 valence electrons. The third-order valence-electron chi connectivity index (χ3n) is 10.2. The lowest BCUT2D eigenvalue weighted by Gasteiger charge is -2.30.